The Morgan fingerprint density at radius 3 is 1.14 bits per heavy atom. The first kappa shape index (κ1) is 9.99. The molecule has 0 radical (unpaired) electrons. The van der Waals surface area contributed by atoms with Gasteiger partial charge in [-0.3, -0.25) is 0 Å². The fourth-order valence-electron chi connectivity index (χ4n) is 0. The first-order chi connectivity index (χ1) is 3.33. The van der Waals surface area contributed by atoms with Crippen molar-refractivity contribution in [1.29, 1.82) is 0 Å². The fraction of sp³-hybridized carbons (Fsp3) is 1.00. The van der Waals surface area contributed by atoms with Crippen LogP contribution in [-0.2, 0) is 0 Å². The minimum absolute atomic E-state index is 0.125. The summed E-state index contributed by atoms with van der Waals surface area (Å²) < 4.78 is 0. The van der Waals surface area contributed by atoms with Gasteiger partial charge in [-0.15, -0.1) is 0 Å². The van der Waals surface area contributed by atoms with Gasteiger partial charge < -0.3 is 15.3 Å². The number of aliphatic hydroxyl groups is 3. The molecule has 0 amide bonds. The Hall–Kier alpha value is -0.120. The van der Waals surface area contributed by atoms with Crippen molar-refractivity contribution in [2.24, 2.45) is 0 Å². The Balaban J connectivity index is 0. The summed E-state index contributed by atoms with van der Waals surface area (Å²) in [5, 5.41) is 22.8. The van der Waals surface area contributed by atoms with Crippen LogP contribution in [0.4, 0.5) is 0 Å². The zero-order chi connectivity index (χ0) is 6.12. The summed E-state index contributed by atoms with van der Waals surface area (Å²) >= 11 is 0. The lowest BCUT2D eigenvalue weighted by Gasteiger charge is -1.70. The van der Waals surface area contributed by atoms with Crippen LogP contribution in [0.15, 0.2) is 0 Å². The van der Waals surface area contributed by atoms with Gasteiger partial charge in [0.05, 0.1) is 13.2 Å². The standard InChI is InChI=1S/C2H6O2.C2H6O/c3-1-2-4;1-2-3/h3-4H,1-2H2;3H,2H2,1H3. The Morgan fingerprint density at radius 1 is 1.00 bits per heavy atom. The third-order valence-electron chi connectivity index (χ3n) is 0.1000. The van der Waals surface area contributed by atoms with E-state index in [4.69, 9.17) is 15.3 Å². The van der Waals surface area contributed by atoms with E-state index < -0.39 is 0 Å². The van der Waals surface area contributed by atoms with Crippen molar-refractivity contribution in [3.63, 3.8) is 0 Å². The van der Waals surface area contributed by atoms with E-state index in [0.29, 0.717) is 0 Å². The zero-order valence-electron chi connectivity index (χ0n) is 4.46. The average molecular weight is 108 g/mol. The molecule has 0 rings (SSSR count). The van der Waals surface area contributed by atoms with Gasteiger partial charge in [-0.05, 0) is 6.92 Å². The van der Waals surface area contributed by atoms with Crippen molar-refractivity contribution < 1.29 is 15.3 Å². The topological polar surface area (TPSA) is 60.7 Å². The highest BCUT2D eigenvalue weighted by atomic mass is 16.3. The van der Waals surface area contributed by atoms with E-state index in [1.165, 1.54) is 0 Å². The van der Waals surface area contributed by atoms with Gasteiger partial charge >= 0.3 is 0 Å². The van der Waals surface area contributed by atoms with Crippen molar-refractivity contribution in [3.05, 3.63) is 0 Å². The van der Waals surface area contributed by atoms with E-state index in [0.717, 1.165) is 0 Å². The highest BCUT2D eigenvalue weighted by Gasteiger charge is 1.58. The molecule has 0 saturated heterocycles. The van der Waals surface area contributed by atoms with Crippen LogP contribution in [0.2, 0.25) is 0 Å². The Labute approximate surface area is 43.2 Å². The van der Waals surface area contributed by atoms with Crippen molar-refractivity contribution in [2.75, 3.05) is 19.8 Å². The van der Waals surface area contributed by atoms with Crippen molar-refractivity contribution in [1.82, 2.24) is 0 Å². The molecule has 46 valence electrons. The summed E-state index contributed by atoms with van der Waals surface area (Å²) in [7, 11) is 0. The molecule has 0 aliphatic rings. The van der Waals surface area contributed by atoms with Crippen LogP contribution in [-0.4, -0.2) is 35.1 Å². The summed E-state index contributed by atoms with van der Waals surface area (Å²) in [4.78, 5) is 0. The molecular formula is C4H12O3. The summed E-state index contributed by atoms with van der Waals surface area (Å²) in [6.07, 6.45) is 0. The summed E-state index contributed by atoms with van der Waals surface area (Å²) in [5.41, 5.74) is 0. The molecule has 0 aliphatic carbocycles. The molecule has 0 aromatic heterocycles. The van der Waals surface area contributed by atoms with Gasteiger partial charge in [0, 0.05) is 6.61 Å². The minimum Gasteiger partial charge on any atom is -0.397 e. The van der Waals surface area contributed by atoms with E-state index in [1.54, 1.807) is 6.92 Å². The van der Waals surface area contributed by atoms with Crippen molar-refractivity contribution in [3.8, 4) is 0 Å². The molecule has 0 aromatic carbocycles. The monoisotopic (exact) mass is 108 g/mol. The molecule has 7 heavy (non-hydrogen) atoms. The van der Waals surface area contributed by atoms with Crippen LogP contribution in [0.25, 0.3) is 0 Å². The van der Waals surface area contributed by atoms with Crippen LogP contribution >= 0.6 is 0 Å². The van der Waals surface area contributed by atoms with Gasteiger partial charge in [0.1, 0.15) is 0 Å². The second-order valence-electron chi connectivity index (χ2n) is 0.763. The molecule has 0 fully saturated rings. The number of rotatable bonds is 1. The molecule has 0 unspecified atom stereocenters. The van der Waals surface area contributed by atoms with E-state index in [-0.39, 0.29) is 19.8 Å². The Kier molecular flexibility index (Phi) is 24.1. The summed E-state index contributed by atoms with van der Waals surface area (Å²) in [5.74, 6) is 0. The van der Waals surface area contributed by atoms with Gasteiger partial charge in [-0.25, -0.2) is 0 Å². The first-order valence-corrected chi connectivity index (χ1v) is 2.16. The lowest BCUT2D eigenvalue weighted by atomic mass is 10.8. The fourth-order valence-corrected chi connectivity index (χ4v) is 0. The summed E-state index contributed by atoms with van der Waals surface area (Å²) in [6, 6.07) is 0. The van der Waals surface area contributed by atoms with Crippen molar-refractivity contribution >= 4 is 0 Å². The second kappa shape index (κ2) is 16.9. The Bertz CT molecular complexity index is 14.4. The van der Waals surface area contributed by atoms with Gasteiger partial charge in [-0.2, -0.15) is 0 Å². The van der Waals surface area contributed by atoms with E-state index in [1.807, 2.05) is 0 Å². The molecule has 3 heteroatoms. The lowest BCUT2D eigenvalue weighted by molar-refractivity contribution is 0.186. The van der Waals surface area contributed by atoms with E-state index in [9.17, 15) is 0 Å². The third-order valence-corrected chi connectivity index (χ3v) is 0.1000. The first-order valence-electron chi connectivity index (χ1n) is 2.16. The molecule has 0 spiro atoms. The quantitative estimate of drug-likeness (QED) is 0.402. The largest absolute Gasteiger partial charge is 0.397 e. The van der Waals surface area contributed by atoms with Crippen LogP contribution in [0.5, 0.6) is 0 Å². The van der Waals surface area contributed by atoms with Gasteiger partial charge in [0.2, 0.25) is 0 Å². The normalized spacial score (nSPS) is 6.86. The molecular weight excluding hydrogens is 96.0 g/mol. The molecule has 3 N–H and O–H groups in total. The lowest BCUT2D eigenvalue weighted by Crippen LogP contribution is -1.85. The number of hydrogen-bond acceptors (Lipinski definition) is 3. The van der Waals surface area contributed by atoms with E-state index in [2.05, 4.69) is 0 Å². The number of hydrogen-bond donors (Lipinski definition) is 3. The third kappa shape index (κ3) is 114. The van der Waals surface area contributed by atoms with Crippen molar-refractivity contribution in [2.45, 2.75) is 6.92 Å². The smallest absolute Gasteiger partial charge is 0.0662 e. The second-order valence-corrected chi connectivity index (χ2v) is 0.763. The predicted molar refractivity (Wildman–Crippen MR) is 26.9 cm³/mol. The van der Waals surface area contributed by atoms with Crippen LogP contribution < -0.4 is 0 Å². The maximum absolute atomic E-state index is 7.62. The van der Waals surface area contributed by atoms with Gasteiger partial charge in [0.25, 0.3) is 0 Å². The van der Waals surface area contributed by atoms with Gasteiger partial charge in [0.15, 0.2) is 0 Å². The van der Waals surface area contributed by atoms with Gasteiger partial charge in [-0.1, -0.05) is 0 Å². The maximum Gasteiger partial charge on any atom is 0.0662 e. The molecule has 0 aromatic rings. The van der Waals surface area contributed by atoms with Crippen LogP contribution in [0.1, 0.15) is 6.92 Å². The average Bonchev–Trinajstić information content (AvgIpc) is 1.69. The highest BCUT2D eigenvalue weighted by molar-refractivity contribution is 4.06. The minimum atomic E-state index is -0.125. The molecule has 0 saturated carbocycles. The zero-order valence-corrected chi connectivity index (χ0v) is 4.46. The molecule has 0 aliphatic heterocycles. The molecule has 0 heterocycles. The maximum atomic E-state index is 7.62. The molecule has 0 bridgehead atoms. The van der Waals surface area contributed by atoms with Crippen LogP contribution in [0, 0.1) is 0 Å². The summed E-state index contributed by atoms with van der Waals surface area (Å²) in [6.45, 7) is 1.68. The molecule has 3 nitrogen and oxygen atoms in total. The highest BCUT2D eigenvalue weighted by Crippen LogP contribution is 1.39. The SMILES string of the molecule is CCO.OCCO. The van der Waals surface area contributed by atoms with E-state index >= 15 is 0 Å². The Morgan fingerprint density at radius 2 is 1.14 bits per heavy atom. The van der Waals surface area contributed by atoms with Crippen LogP contribution in [0.3, 0.4) is 0 Å². The molecule has 0 atom stereocenters. The predicted octanol–water partition coefficient (Wildman–Crippen LogP) is -1.03. The number of aliphatic hydroxyl groups excluding tert-OH is 3.